The summed E-state index contributed by atoms with van der Waals surface area (Å²) in [7, 11) is 0. The van der Waals surface area contributed by atoms with Gasteiger partial charge in [0.1, 0.15) is 0 Å². The van der Waals surface area contributed by atoms with E-state index >= 15 is 0 Å². The molecule has 0 radical (unpaired) electrons. The zero-order valence-corrected chi connectivity index (χ0v) is 8.42. The molecule has 12 heavy (non-hydrogen) atoms. The smallest absolute Gasteiger partial charge is 0.0165 e. The zero-order chi connectivity index (χ0) is 8.97. The van der Waals surface area contributed by atoms with Gasteiger partial charge in [-0.15, -0.1) is 0 Å². The number of nitrogens with two attached hydrogens (primary N) is 1. The Bertz CT molecular complexity index is 125. The maximum Gasteiger partial charge on any atom is 0.0165 e. The van der Waals surface area contributed by atoms with Crippen LogP contribution < -0.4 is 5.73 Å². The summed E-state index contributed by atoms with van der Waals surface area (Å²) < 4.78 is 0. The van der Waals surface area contributed by atoms with Crippen molar-refractivity contribution >= 4 is 0 Å². The van der Waals surface area contributed by atoms with E-state index in [4.69, 9.17) is 5.73 Å². The average Bonchev–Trinajstić information content (AvgIpc) is 2.09. The number of piperidine rings is 1. The Kier molecular flexibility index (Phi) is 4.02. The normalized spacial score (nSPS) is 28.8. The van der Waals surface area contributed by atoms with Gasteiger partial charge in [0.25, 0.3) is 0 Å². The molecule has 1 aliphatic heterocycles. The van der Waals surface area contributed by atoms with Crippen LogP contribution in [0.2, 0.25) is 0 Å². The molecule has 1 saturated heterocycles. The Morgan fingerprint density at radius 1 is 1.50 bits per heavy atom. The van der Waals surface area contributed by atoms with Crippen LogP contribution in [0.15, 0.2) is 0 Å². The maximum absolute atomic E-state index is 5.92. The third kappa shape index (κ3) is 2.76. The Hall–Kier alpha value is -0.0800. The molecule has 0 aliphatic carbocycles. The van der Waals surface area contributed by atoms with Gasteiger partial charge in [0.2, 0.25) is 0 Å². The second-order valence-corrected chi connectivity index (χ2v) is 4.01. The van der Waals surface area contributed by atoms with Gasteiger partial charge in [-0.25, -0.2) is 0 Å². The molecule has 1 aliphatic rings. The molecule has 0 aromatic rings. The van der Waals surface area contributed by atoms with Gasteiger partial charge >= 0.3 is 0 Å². The highest BCUT2D eigenvalue weighted by Crippen LogP contribution is 2.16. The third-order valence-electron chi connectivity index (χ3n) is 2.93. The summed E-state index contributed by atoms with van der Waals surface area (Å²) in [4.78, 5) is 2.54. The Labute approximate surface area is 76.1 Å². The van der Waals surface area contributed by atoms with Crippen molar-refractivity contribution in [2.45, 2.75) is 51.6 Å². The highest BCUT2D eigenvalue weighted by molar-refractivity contribution is 4.76. The predicted molar refractivity (Wildman–Crippen MR) is 53.2 cm³/mol. The van der Waals surface area contributed by atoms with Crippen molar-refractivity contribution in [2.24, 2.45) is 5.73 Å². The first-order valence-corrected chi connectivity index (χ1v) is 5.23. The molecule has 1 heterocycles. The molecule has 0 saturated carbocycles. The topological polar surface area (TPSA) is 29.3 Å². The van der Waals surface area contributed by atoms with Crippen molar-refractivity contribution in [2.75, 3.05) is 13.1 Å². The largest absolute Gasteiger partial charge is 0.327 e. The molecule has 2 nitrogen and oxygen atoms in total. The first-order chi connectivity index (χ1) is 5.74. The minimum absolute atomic E-state index is 0.380. The van der Waals surface area contributed by atoms with Gasteiger partial charge in [0, 0.05) is 18.6 Å². The lowest BCUT2D eigenvalue weighted by Gasteiger charge is -2.34. The van der Waals surface area contributed by atoms with Gasteiger partial charge in [-0.2, -0.15) is 0 Å². The fourth-order valence-corrected chi connectivity index (χ4v) is 1.86. The lowest BCUT2D eigenvalue weighted by molar-refractivity contribution is 0.150. The lowest BCUT2D eigenvalue weighted by atomic mass is 10.0. The van der Waals surface area contributed by atoms with Crippen molar-refractivity contribution < 1.29 is 0 Å². The first-order valence-electron chi connectivity index (χ1n) is 5.23. The van der Waals surface area contributed by atoms with Crippen LogP contribution in [-0.4, -0.2) is 30.1 Å². The van der Waals surface area contributed by atoms with Gasteiger partial charge < -0.3 is 5.73 Å². The molecule has 2 unspecified atom stereocenters. The predicted octanol–water partition coefficient (Wildman–Crippen LogP) is 1.60. The van der Waals surface area contributed by atoms with E-state index < -0.39 is 0 Å². The highest BCUT2D eigenvalue weighted by Gasteiger charge is 2.19. The van der Waals surface area contributed by atoms with Crippen molar-refractivity contribution in [3.63, 3.8) is 0 Å². The van der Waals surface area contributed by atoms with Crippen LogP contribution in [0, 0.1) is 0 Å². The summed E-state index contributed by atoms with van der Waals surface area (Å²) >= 11 is 0. The number of nitrogens with zero attached hydrogens (tertiary/aromatic N) is 1. The van der Waals surface area contributed by atoms with E-state index in [9.17, 15) is 0 Å². The van der Waals surface area contributed by atoms with E-state index in [1.165, 1.54) is 25.8 Å². The maximum atomic E-state index is 5.92. The lowest BCUT2D eigenvalue weighted by Crippen LogP contribution is -2.44. The summed E-state index contributed by atoms with van der Waals surface area (Å²) in [5.41, 5.74) is 5.92. The zero-order valence-electron chi connectivity index (χ0n) is 8.42. The number of hydrogen-bond acceptors (Lipinski definition) is 2. The van der Waals surface area contributed by atoms with E-state index in [-0.39, 0.29) is 0 Å². The van der Waals surface area contributed by atoms with Crippen LogP contribution in [0.1, 0.15) is 39.5 Å². The molecule has 2 heteroatoms. The highest BCUT2D eigenvalue weighted by atomic mass is 15.2. The number of rotatable bonds is 3. The number of hydrogen-bond donors (Lipinski definition) is 1. The van der Waals surface area contributed by atoms with Crippen molar-refractivity contribution in [3.8, 4) is 0 Å². The van der Waals surface area contributed by atoms with Crippen LogP contribution in [0.5, 0.6) is 0 Å². The quantitative estimate of drug-likeness (QED) is 0.697. The molecule has 0 bridgehead atoms. The second-order valence-electron chi connectivity index (χ2n) is 4.01. The molecular weight excluding hydrogens is 148 g/mol. The fourth-order valence-electron chi connectivity index (χ4n) is 1.86. The van der Waals surface area contributed by atoms with Gasteiger partial charge in [-0.1, -0.05) is 13.3 Å². The van der Waals surface area contributed by atoms with Crippen molar-refractivity contribution in [3.05, 3.63) is 0 Å². The molecule has 2 N–H and O–H groups in total. The molecule has 0 aromatic heterocycles. The summed E-state index contributed by atoms with van der Waals surface area (Å²) in [5, 5.41) is 0. The van der Waals surface area contributed by atoms with E-state index in [1.807, 2.05) is 0 Å². The minimum atomic E-state index is 0.380. The Morgan fingerprint density at radius 3 is 2.83 bits per heavy atom. The SMILES string of the molecule is CCC(N)CN1CCCCC1C. The van der Waals surface area contributed by atoms with E-state index in [2.05, 4.69) is 18.7 Å². The third-order valence-corrected chi connectivity index (χ3v) is 2.93. The standard InChI is InChI=1S/C10H22N2/c1-3-10(11)8-12-7-5-4-6-9(12)2/h9-10H,3-8,11H2,1-2H3. The van der Waals surface area contributed by atoms with Gasteiger partial charge in [-0.05, 0) is 32.7 Å². The molecule has 0 amide bonds. The van der Waals surface area contributed by atoms with Gasteiger partial charge in [0.05, 0.1) is 0 Å². The minimum Gasteiger partial charge on any atom is -0.327 e. The molecule has 72 valence electrons. The molecule has 1 fully saturated rings. The van der Waals surface area contributed by atoms with Crippen LogP contribution in [0.25, 0.3) is 0 Å². The summed E-state index contributed by atoms with van der Waals surface area (Å²) in [6.45, 7) is 6.84. The molecule has 1 rings (SSSR count). The molecular formula is C10H22N2. The molecule has 0 spiro atoms. The van der Waals surface area contributed by atoms with E-state index in [1.54, 1.807) is 0 Å². The Balaban J connectivity index is 2.28. The summed E-state index contributed by atoms with van der Waals surface area (Å²) in [6, 6.07) is 1.14. The monoisotopic (exact) mass is 170 g/mol. The van der Waals surface area contributed by atoms with Crippen LogP contribution in [0.3, 0.4) is 0 Å². The van der Waals surface area contributed by atoms with Crippen molar-refractivity contribution in [1.82, 2.24) is 4.90 Å². The summed E-state index contributed by atoms with van der Waals surface area (Å²) in [6.07, 6.45) is 5.22. The average molecular weight is 170 g/mol. The molecule has 2 atom stereocenters. The van der Waals surface area contributed by atoms with Crippen LogP contribution in [-0.2, 0) is 0 Å². The van der Waals surface area contributed by atoms with E-state index in [0.29, 0.717) is 6.04 Å². The van der Waals surface area contributed by atoms with E-state index in [0.717, 1.165) is 19.0 Å². The Morgan fingerprint density at radius 2 is 2.25 bits per heavy atom. The second kappa shape index (κ2) is 4.83. The number of likely N-dealkylation sites (tertiary alicyclic amines) is 1. The molecule has 0 aromatic carbocycles. The summed E-state index contributed by atoms with van der Waals surface area (Å²) in [5.74, 6) is 0. The van der Waals surface area contributed by atoms with Crippen LogP contribution in [0.4, 0.5) is 0 Å². The van der Waals surface area contributed by atoms with Gasteiger partial charge in [0.15, 0.2) is 0 Å². The fraction of sp³-hybridized carbons (Fsp3) is 1.00. The van der Waals surface area contributed by atoms with Crippen molar-refractivity contribution in [1.29, 1.82) is 0 Å². The van der Waals surface area contributed by atoms with Gasteiger partial charge in [-0.3, -0.25) is 4.90 Å². The first kappa shape index (κ1) is 10.0. The van der Waals surface area contributed by atoms with Crippen LogP contribution >= 0.6 is 0 Å².